The number of carboxylic acid groups (broad SMARTS) is 1. The first-order valence-electron chi connectivity index (χ1n) is 14.9. The van der Waals surface area contributed by atoms with E-state index in [0.717, 1.165) is 21.8 Å². The summed E-state index contributed by atoms with van der Waals surface area (Å²) in [7, 11) is -2.01. The molecule has 0 bridgehead atoms. The minimum Gasteiger partial charge on any atom is -0.481 e. The molecule has 0 spiro atoms. The van der Waals surface area contributed by atoms with Crippen LogP contribution >= 0.6 is 0 Å². The number of hydrogen-bond donors (Lipinski definition) is 3. The molecule has 14 heteroatoms. The number of carboxylic acids is 1. The fourth-order valence-electron chi connectivity index (χ4n) is 5.13. The molecule has 252 valence electrons. The largest absolute Gasteiger partial charge is 0.481 e. The highest BCUT2D eigenvalue weighted by Crippen LogP contribution is 2.24. The monoisotopic (exact) mass is 661 g/mol. The Morgan fingerprint density at radius 1 is 0.848 bits per heavy atom. The molecule has 2 aromatic rings. The van der Waals surface area contributed by atoms with Crippen molar-refractivity contribution in [2.75, 3.05) is 14.1 Å². The highest BCUT2D eigenvalue weighted by Gasteiger charge is 2.38. The molecule has 2 aromatic carbocycles. The summed E-state index contributed by atoms with van der Waals surface area (Å²) in [6.07, 6.45) is 1.19. The molecule has 0 fully saturated rings. The molecule has 0 radical (unpaired) electrons. The molecule has 0 aliphatic carbocycles. The lowest BCUT2D eigenvalue weighted by Gasteiger charge is -2.34. The number of rotatable bonds is 19. The molecule has 0 unspecified atom stereocenters. The maximum Gasteiger partial charge on any atom is 0.446 e. The number of benzene rings is 2. The van der Waals surface area contributed by atoms with Crippen molar-refractivity contribution in [1.82, 2.24) is 9.80 Å². The van der Waals surface area contributed by atoms with Crippen LogP contribution < -0.4 is 9.92 Å². The molecule has 0 aliphatic heterocycles. The fraction of sp³-hybridized carbons (Fsp3) is 0.469. The Kier molecular flexibility index (Phi) is 14.3. The third kappa shape index (κ3) is 11.9. The highest BCUT2D eigenvalue weighted by atomic mass is 32.3. The van der Waals surface area contributed by atoms with Crippen molar-refractivity contribution in [1.29, 1.82) is 0 Å². The van der Waals surface area contributed by atoms with Crippen molar-refractivity contribution in [3.63, 3.8) is 0 Å². The van der Waals surface area contributed by atoms with Gasteiger partial charge in [0.2, 0.25) is 17.7 Å². The third-order valence-corrected chi connectivity index (χ3v) is 8.21. The Bertz CT molecular complexity index is 1460. The minimum atomic E-state index is -4.67. The van der Waals surface area contributed by atoms with Crippen LogP contribution in [0.5, 0.6) is 5.75 Å². The highest BCUT2D eigenvalue weighted by molar-refractivity contribution is 7.81. The van der Waals surface area contributed by atoms with Crippen molar-refractivity contribution in [2.24, 2.45) is 17.6 Å². The number of unbranched alkanes of at least 4 members (excludes halogenated alkanes) is 1. The maximum absolute atomic E-state index is 13.8. The van der Waals surface area contributed by atoms with Gasteiger partial charge in [-0.1, -0.05) is 69.2 Å². The van der Waals surface area contributed by atoms with E-state index in [2.05, 4.69) is 4.18 Å². The summed E-state index contributed by atoms with van der Waals surface area (Å²) in [4.78, 5) is 67.1. The normalized spacial score (nSPS) is 13.9. The van der Waals surface area contributed by atoms with E-state index in [4.69, 9.17) is 10.3 Å². The summed E-state index contributed by atoms with van der Waals surface area (Å²) in [6, 6.07) is 12.1. The third-order valence-electron chi connectivity index (χ3n) is 7.80. The number of likely N-dealkylation sites (N-methyl/N-ethyl adjacent to an activating group) is 2. The van der Waals surface area contributed by atoms with E-state index in [1.807, 2.05) is 6.92 Å². The van der Waals surface area contributed by atoms with Crippen molar-refractivity contribution in [2.45, 2.75) is 70.9 Å². The van der Waals surface area contributed by atoms with Crippen molar-refractivity contribution in [3.8, 4) is 5.75 Å². The SMILES string of the molecule is CCCC[C@H](CC(=O)[C@@H](C)Cc1ccc(OS(=O)(=O)O)cc1)C(=O)N(C)[C@H](CC(=O)O)C(=O)N(C)[C@@H](Cc1ccccc1)C(N)=O. The quantitative estimate of drug-likeness (QED) is 0.188. The van der Waals surface area contributed by atoms with Crippen LogP contribution in [0.4, 0.5) is 0 Å². The Balaban J connectivity index is 2.22. The standard InChI is InChI=1S/C32H43N3O10S/c1-5-6-12-24(19-28(36)21(2)17-23-13-15-25(16-14-23)45-46(42,43)44)31(40)35(4)27(20-29(37)38)32(41)34(3)26(30(33)39)18-22-10-8-7-9-11-22/h7-11,13-16,21,24,26-27H,5-6,12,17-20H2,1-4H3,(H2,33,39)(H,37,38)(H,42,43,44)/t21-,24+,26-,27+/m0/s1. The molecule has 2 rings (SSSR count). The Hall–Kier alpha value is -4.30. The van der Waals surface area contributed by atoms with Gasteiger partial charge in [0.1, 0.15) is 23.6 Å². The van der Waals surface area contributed by atoms with E-state index in [-0.39, 0.29) is 30.8 Å². The van der Waals surface area contributed by atoms with Gasteiger partial charge in [-0.3, -0.25) is 28.5 Å². The first-order chi connectivity index (χ1) is 21.5. The smallest absolute Gasteiger partial charge is 0.446 e. The Morgan fingerprint density at radius 2 is 1.41 bits per heavy atom. The summed E-state index contributed by atoms with van der Waals surface area (Å²) in [6.45, 7) is 3.62. The first-order valence-corrected chi connectivity index (χ1v) is 16.3. The lowest BCUT2D eigenvalue weighted by atomic mass is 9.87. The van der Waals surface area contributed by atoms with Crippen LogP contribution in [0, 0.1) is 11.8 Å². The molecule has 4 atom stereocenters. The molecular weight excluding hydrogens is 618 g/mol. The van der Waals surface area contributed by atoms with Crippen LogP contribution in [0.25, 0.3) is 0 Å². The summed E-state index contributed by atoms with van der Waals surface area (Å²) in [5, 5.41) is 9.63. The number of amides is 3. The summed E-state index contributed by atoms with van der Waals surface area (Å²) >= 11 is 0. The Morgan fingerprint density at radius 3 is 1.93 bits per heavy atom. The van der Waals surface area contributed by atoms with Crippen LogP contribution in [-0.4, -0.2) is 83.5 Å². The molecule has 46 heavy (non-hydrogen) atoms. The zero-order chi connectivity index (χ0) is 34.6. The first kappa shape index (κ1) is 37.9. The second-order valence-corrected chi connectivity index (χ2v) is 12.4. The van der Waals surface area contributed by atoms with Crippen molar-refractivity contribution < 1.29 is 46.2 Å². The molecule has 0 saturated carbocycles. The molecular formula is C32H43N3O10S. The zero-order valence-corrected chi connectivity index (χ0v) is 27.3. The molecule has 0 heterocycles. The Labute approximate surface area is 269 Å². The topological polar surface area (TPSA) is 202 Å². The molecule has 13 nitrogen and oxygen atoms in total. The van der Waals surface area contributed by atoms with Gasteiger partial charge in [-0.05, 0) is 36.1 Å². The van der Waals surface area contributed by atoms with Gasteiger partial charge in [0.15, 0.2) is 0 Å². The number of nitrogens with two attached hydrogens (primary N) is 1. The number of ketones is 1. The number of primary amides is 1. The second-order valence-electron chi connectivity index (χ2n) is 11.4. The second kappa shape index (κ2) is 17.4. The number of hydrogen-bond acceptors (Lipinski definition) is 8. The van der Waals surface area contributed by atoms with Gasteiger partial charge in [-0.25, -0.2) is 0 Å². The van der Waals surface area contributed by atoms with E-state index in [1.54, 1.807) is 49.4 Å². The lowest BCUT2D eigenvalue weighted by Crippen LogP contribution is -2.56. The molecule has 0 aliphatic rings. The fourth-order valence-corrected chi connectivity index (χ4v) is 5.48. The zero-order valence-electron chi connectivity index (χ0n) is 26.5. The molecule has 0 saturated heterocycles. The van der Waals surface area contributed by atoms with E-state index in [0.29, 0.717) is 18.4 Å². The molecule has 0 aromatic heterocycles. The number of carbonyl (C=O) groups excluding carboxylic acids is 4. The van der Waals surface area contributed by atoms with Gasteiger partial charge in [-0.2, -0.15) is 8.42 Å². The van der Waals surface area contributed by atoms with Gasteiger partial charge in [0, 0.05) is 38.8 Å². The van der Waals surface area contributed by atoms with Gasteiger partial charge in [0.05, 0.1) is 6.42 Å². The van der Waals surface area contributed by atoms with E-state index < -0.39 is 64.4 Å². The van der Waals surface area contributed by atoms with Crippen LogP contribution in [0.1, 0.15) is 57.1 Å². The van der Waals surface area contributed by atoms with E-state index in [9.17, 15) is 37.5 Å². The average molecular weight is 662 g/mol. The van der Waals surface area contributed by atoms with Crippen molar-refractivity contribution in [3.05, 3.63) is 65.7 Å². The number of Topliss-reactive ketones (excluding diaryl/α,β-unsaturated/α-hetero) is 1. The van der Waals surface area contributed by atoms with E-state index >= 15 is 0 Å². The van der Waals surface area contributed by atoms with Gasteiger partial charge in [0.25, 0.3) is 0 Å². The number of carbonyl (C=O) groups is 5. The maximum atomic E-state index is 13.8. The summed E-state index contributed by atoms with van der Waals surface area (Å²) in [5.74, 6) is -5.13. The predicted octanol–water partition coefficient (Wildman–Crippen LogP) is 2.67. The summed E-state index contributed by atoms with van der Waals surface area (Å²) < 4.78 is 35.1. The molecule has 3 amide bonds. The van der Waals surface area contributed by atoms with Crippen LogP contribution in [0.15, 0.2) is 54.6 Å². The van der Waals surface area contributed by atoms with Crippen LogP contribution in [0.2, 0.25) is 0 Å². The predicted molar refractivity (Wildman–Crippen MR) is 169 cm³/mol. The molecule has 4 N–H and O–H groups in total. The van der Waals surface area contributed by atoms with Gasteiger partial charge < -0.3 is 24.8 Å². The lowest BCUT2D eigenvalue weighted by molar-refractivity contribution is -0.153. The minimum absolute atomic E-state index is 0.0949. The van der Waals surface area contributed by atoms with Gasteiger partial charge >= 0.3 is 16.4 Å². The number of nitrogens with zero attached hydrogens (tertiary/aromatic N) is 2. The van der Waals surface area contributed by atoms with Crippen LogP contribution in [0.3, 0.4) is 0 Å². The summed E-state index contributed by atoms with van der Waals surface area (Å²) in [5.41, 5.74) is 7.05. The van der Waals surface area contributed by atoms with E-state index in [1.165, 1.54) is 26.2 Å². The number of aliphatic carboxylic acids is 1. The van der Waals surface area contributed by atoms with Crippen molar-refractivity contribution >= 4 is 39.9 Å². The van der Waals surface area contributed by atoms with Gasteiger partial charge in [-0.15, -0.1) is 0 Å². The average Bonchev–Trinajstić information content (AvgIpc) is 2.99. The van der Waals surface area contributed by atoms with Crippen LogP contribution in [-0.2, 0) is 47.2 Å².